The van der Waals surface area contributed by atoms with Crippen molar-refractivity contribution >= 4 is 17.8 Å². The van der Waals surface area contributed by atoms with Crippen LogP contribution in [0.25, 0.3) is 0 Å². The number of esters is 1. The summed E-state index contributed by atoms with van der Waals surface area (Å²) in [6.07, 6.45) is 10.5. The molecule has 0 bridgehead atoms. The number of nitrogens with one attached hydrogen (secondary N) is 2. The second-order valence-corrected chi connectivity index (χ2v) is 8.09. The molecule has 0 aromatic heterocycles. The highest BCUT2D eigenvalue weighted by Crippen LogP contribution is 2.29. The maximum atomic E-state index is 12.6. The lowest BCUT2D eigenvalue weighted by Gasteiger charge is -2.29. The number of rotatable bonds is 4. The molecule has 7 nitrogen and oxygen atoms in total. The fourth-order valence-electron chi connectivity index (χ4n) is 3.85. The van der Waals surface area contributed by atoms with Crippen molar-refractivity contribution in [1.29, 1.82) is 0 Å². The highest BCUT2D eigenvalue weighted by Gasteiger charge is 2.35. The van der Waals surface area contributed by atoms with E-state index in [1.807, 2.05) is 12.2 Å². The third-order valence-electron chi connectivity index (χ3n) is 5.56. The molecule has 28 heavy (non-hydrogen) atoms. The number of aliphatic hydroxyl groups is 1. The number of hydrogen-bond acceptors (Lipinski definition) is 5. The maximum Gasteiger partial charge on any atom is 0.306 e. The molecule has 7 heteroatoms. The van der Waals surface area contributed by atoms with Crippen molar-refractivity contribution in [3.8, 4) is 0 Å². The van der Waals surface area contributed by atoms with Crippen molar-refractivity contribution < 1.29 is 24.2 Å². The molecule has 3 N–H and O–H groups in total. The zero-order chi connectivity index (χ0) is 20.4. The molecule has 0 spiro atoms. The number of cyclic esters (lactones) is 1. The number of allylic oxidation sites excluding steroid dienone is 2. The van der Waals surface area contributed by atoms with Crippen LogP contribution in [0.4, 0.5) is 0 Å². The van der Waals surface area contributed by atoms with Crippen molar-refractivity contribution in [2.24, 2.45) is 5.92 Å². The van der Waals surface area contributed by atoms with Crippen LogP contribution in [0.3, 0.4) is 0 Å². The predicted molar refractivity (Wildman–Crippen MR) is 105 cm³/mol. The normalized spacial score (nSPS) is 26.8. The topological polar surface area (TPSA) is 105 Å². The second-order valence-electron chi connectivity index (χ2n) is 8.09. The Kier molecular flexibility index (Phi) is 8.96. The molecular weight excluding hydrogens is 360 g/mol. The molecule has 0 saturated heterocycles. The average Bonchev–Trinajstić information content (AvgIpc) is 3.12. The Morgan fingerprint density at radius 2 is 2.00 bits per heavy atom. The van der Waals surface area contributed by atoms with Crippen LogP contribution in [0.1, 0.15) is 71.1 Å². The van der Waals surface area contributed by atoms with Crippen LogP contribution in [0.5, 0.6) is 0 Å². The van der Waals surface area contributed by atoms with Gasteiger partial charge < -0.3 is 20.5 Å². The Labute approximate surface area is 167 Å². The van der Waals surface area contributed by atoms with Gasteiger partial charge >= 0.3 is 5.97 Å². The maximum absolute atomic E-state index is 12.6. The minimum absolute atomic E-state index is 0.0710. The van der Waals surface area contributed by atoms with Crippen LogP contribution >= 0.6 is 0 Å². The van der Waals surface area contributed by atoms with E-state index in [2.05, 4.69) is 10.6 Å². The molecule has 2 amide bonds. The fraction of sp³-hybridized carbons (Fsp3) is 0.762. The Balaban J connectivity index is 1.97. The van der Waals surface area contributed by atoms with Crippen LogP contribution in [0, 0.1) is 5.92 Å². The van der Waals surface area contributed by atoms with Crippen LogP contribution in [-0.4, -0.2) is 47.7 Å². The summed E-state index contributed by atoms with van der Waals surface area (Å²) >= 11 is 0. The number of amides is 2. The molecule has 2 unspecified atom stereocenters. The van der Waals surface area contributed by atoms with E-state index in [9.17, 15) is 19.5 Å². The smallest absolute Gasteiger partial charge is 0.306 e. The molecule has 0 aromatic carbocycles. The van der Waals surface area contributed by atoms with Crippen LogP contribution in [0.15, 0.2) is 12.2 Å². The molecule has 0 radical (unpaired) electrons. The Bertz CT molecular complexity index is 569. The minimum Gasteiger partial charge on any atom is -0.461 e. The summed E-state index contributed by atoms with van der Waals surface area (Å²) in [6.45, 7) is 1.90. The first kappa shape index (κ1) is 22.4. The largest absolute Gasteiger partial charge is 0.461 e. The van der Waals surface area contributed by atoms with Gasteiger partial charge in [0.05, 0.1) is 24.6 Å². The van der Waals surface area contributed by atoms with Gasteiger partial charge in [0.2, 0.25) is 11.8 Å². The minimum atomic E-state index is -0.534. The van der Waals surface area contributed by atoms with E-state index in [-0.39, 0.29) is 37.4 Å². The van der Waals surface area contributed by atoms with Gasteiger partial charge in [-0.05, 0) is 45.4 Å². The van der Waals surface area contributed by atoms with Crippen LogP contribution in [0.2, 0.25) is 0 Å². The molecule has 1 heterocycles. The van der Waals surface area contributed by atoms with Gasteiger partial charge in [0.1, 0.15) is 6.10 Å². The summed E-state index contributed by atoms with van der Waals surface area (Å²) in [5.41, 5.74) is -0.534. The fourth-order valence-corrected chi connectivity index (χ4v) is 3.85. The van der Waals surface area contributed by atoms with Crippen molar-refractivity contribution in [2.75, 3.05) is 13.2 Å². The van der Waals surface area contributed by atoms with Gasteiger partial charge in [-0.25, -0.2) is 0 Å². The first-order valence-electron chi connectivity index (χ1n) is 10.5. The Morgan fingerprint density at radius 1 is 1.25 bits per heavy atom. The summed E-state index contributed by atoms with van der Waals surface area (Å²) in [5, 5.41) is 15.5. The molecule has 2 atom stereocenters. The van der Waals surface area contributed by atoms with Crippen LogP contribution in [-0.2, 0) is 19.1 Å². The first-order chi connectivity index (χ1) is 13.4. The van der Waals surface area contributed by atoms with E-state index in [1.165, 1.54) is 0 Å². The van der Waals surface area contributed by atoms with Crippen LogP contribution < -0.4 is 10.6 Å². The Morgan fingerprint density at radius 3 is 2.71 bits per heavy atom. The quantitative estimate of drug-likeness (QED) is 0.500. The lowest BCUT2D eigenvalue weighted by atomic mass is 9.95. The van der Waals surface area contributed by atoms with E-state index in [0.29, 0.717) is 12.8 Å². The number of hydrogen-bond donors (Lipinski definition) is 3. The van der Waals surface area contributed by atoms with Gasteiger partial charge in [-0.1, -0.05) is 25.0 Å². The predicted octanol–water partition coefficient (Wildman–Crippen LogP) is 1.98. The van der Waals surface area contributed by atoms with Crippen molar-refractivity contribution in [3.05, 3.63) is 12.2 Å². The molecule has 0 aromatic rings. The summed E-state index contributed by atoms with van der Waals surface area (Å²) in [5.74, 6) is -1.15. The molecular formula is C21H34N2O5. The summed E-state index contributed by atoms with van der Waals surface area (Å²) < 4.78 is 5.30. The van der Waals surface area contributed by atoms with E-state index >= 15 is 0 Å². The van der Waals surface area contributed by atoms with Gasteiger partial charge in [0.25, 0.3) is 0 Å². The zero-order valence-corrected chi connectivity index (χ0v) is 16.9. The van der Waals surface area contributed by atoms with Crippen molar-refractivity contribution in [1.82, 2.24) is 10.6 Å². The number of carbonyl (C=O) groups excluding carboxylic acids is 3. The highest BCUT2D eigenvalue weighted by atomic mass is 16.5. The first-order valence-corrected chi connectivity index (χ1v) is 10.5. The molecule has 2 aliphatic rings. The lowest BCUT2D eigenvalue weighted by Crippen LogP contribution is -2.50. The molecule has 1 saturated carbocycles. The summed E-state index contributed by atoms with van der Waals surface area (Å²) in [6, 6.07) is 0. The Hall–Kier alpha value is -1.89. The highest BCUT2D eigenvalue weighted by molar-refractivity contribution is 5.86. The lowest BCUT2D eigenvalue weighted by molar-refractivity contribution is -0.148. The molecule has 1 aliphatic heterocycles. The third-order valence-corrected chi connectivity index (χ3v) is 5.56. The van der Waals surface area contributed by atoms with E-state index < -0.39 is 17.6 Å². The number of aliphatic hydroxyl groups excluding tert-OH is 1. The monoisotopic (exact) mass is 394 g/mol. The van der Waals surface area contributed by atoms with Crippen molar-refractivity contribution in [3.63, 3.8) is 0 Å². The third kappa shape index (κ3) is 7.26. The zero-order valence-electron chi connectivity index (χ0n) is 16.9. The second kappa shape index (κ2) is 11.2. The van der Waals surface area contributed by atoms with E-state index in [0.717, 1.165) is 44.9 Å². The van der Waals surface area contributed by atoms with E-state index in [4.69, 9.17) is 4.74 Å². The molecule has 158 valence electrons. The average molecular weight is 395 g/mol. The number of carbonyl (C=O) groups is 3. The summed E-state index contributed by atoms with van der Waals surface area (Å²) in [4.78, 5) is 36.9. The molecule has 1 fully saturated rings. The van der Waals surface area contributed by atoms with Crippen molar-refractivity contribution in [2.45, 2.75) is 82.8 Å². The van der Waals surface area contributed by atoms with Gasteiger partial charge in [-0.2, -0.15) is 0 Å². The summed E-state index contributed by atoms with van der Waals surface area (Å²) in [7, 11) is 0. The van der Waals surface area contributed by atoms with Gasteiger partial charge in [0, 0.05) is 12.8 Å². The van der Waals surface area contributed by atoms with Gasteiger partial charge in [0.15, 0.2) is 0 Å². The SMILES string of the molecule is CC1CNC(=O)C(CC(=O)NC2(CO)CCCC2)CC=CCCCCC(=O)O1. The number of ether oxygens (including phenoxy) is 1. The van der Waals surface area contributed by atoms with Gasteiger partial charge in [-0.15, -0.1) is 0 Å². The van der Waals surface area contributed by atoms with Gasteiger partial charge in [-0.3, -0.25) is 14.4 Å². The molecule has 2 rings (SSSR count). The molecule has 1 aliphatic carbocycles. The van der Waals surface area contributed by atoms with E-state index in [1.54, 1.807) is 6.92 Å². The standard InChI is InChI=1S/C21H34N2O5/c1-16-14-22-20(27)17(9-5-3-2-4-6-10-19(26)28-16)13-18(25)23-21(15-24)11-7-8-12-21/h3,5,16-17,24H,2,4,6-15H2,1H3,(H,22,27)(H,23,25).